The van der Waals surface area contributed by atoms with Crippen molar-refractivity contribution in [2.75, 3.05) is 5.75 Å². The zero-order valence-corrected chi connectivity index (χ0v) is 8.30. The minimum atomic E-state index is -0.204. The van der Waals surface area contributed by atoms with Crippen LogP contribution < -0.4 is 0 Å². The maximum atomic E-state index is 9.86. The van der Waals surface area contributed by atoms with Crippen molar-refractivity contribution >= 4 is 11.8 Å². The van der Waals surface area contributed by atoms with Gasteiger partial charge in [-0.15, -0.1) is 0 Å². The second-order valence-electron chi connectivity index (χ2n) is 3.45. The van der Waals surface area contributed by atoms with Crippen molar-refractivity contribution in [1.82, 2.24) is 0 Å². The molecule has 1 aromatic heterocycles. The smallest absolute Gasteiger partial charge is 0.0935 e. The van der Waals surface area contributed by atoms with Gasteiger partial charge in [-0.3, -0.25) is 0 Å². The van der Waals surface area contributed by atoms with E-state index in [1.807, 2.05) is 17.8 Å². The summed E-state index contributed by atoms with van der Waals surface area (Å²) in [6, 6.07) is 1.92. The number of hydrogen-bond donors (Lipinski definition) is 1. The number of furan rings is 1. The summed E-state index contributed by atoms with van der Waals surface area (Å²) >= 11 is 1.89. The van der Waals surface area contributed by atoms with Crippen LogP contribution in [0.5, 0.6) is 0 Å². The first-order chi connectivity index (χ1) is 6.36. The molecular formula is C10H14O2S. The summed E-state index contributed by atoms with van der Waals surface area (Å²) in [6.07, 6.45) is 6.30. The summed E-state index contributed by atoms with van der Waals surface area (Å²) in [5.74, 6) is 1.20. The molecule has 2 unspecified atom stereocenters. The molecule has 2 rings (SSSR count). The summed E-state index contributed by atoms with van der Waals surface area (Å²) in [7, 11) is 0. The molecule has 0 spiro atoms. The third-order valence-corrected chi connectivity index (χ3v) is 3.92. The van der Waals surface area contributed by atoms with Crippen molar-refractivity contribution in [2.24, 2.45) is 0 Å². The molecular weight excluding hydrogens is 184 g/mol. The van der Waals surface area contributed by atoms with E-state index in [-0.39, 0.29) is 6.10 Å². The van der Waals surface area contributed by atoms with Gasteiger partial charge in [-0.2, -0.15) is 11.8 Å². The van der Waals surface area contributed by atoms with Gasteiger partial charge in [0.2, 0.25) is 0 Å². The Morgan fingerprint density at radius 2 is 2.62 bits per heavy atom. The monoisotopic (exact) mass is 198 g/mol. The van der Waals surface area contributed by atoms with Crippen LogP contribution in [0.4, 0.5) is 0 Å². The van der Waals surface area contributed by atoms with Gasteiger partial charge < -0.3 is 9.52 Å². The second-order valence-corrected chi connectivity index (χ2v) is 4.80. The molecule has 2 nitrogen and oxygen atoms in total. The molecule has 1 aliphatic heterocycles. The highest BCUT2D eigenvalue weighted by Gasteiger charge is 2.23. The molecule has 1 fully saturated rings. The van der Waals surface area contributed by atoms with Gasteiger partial charge in [0.05, 0.1) is 18.6 Å². The highest BCUT2D eigenvalue weighted by Crippen LogP contribution is 2.29. The molecule has 2 atom stereocenters. The summed E-state index contributed by atoms with van der Waals surface area (Å²) < 4.78 is 4.96. The van der Waals surface area contributed by atoms with Crippen LogP contribution in [-0.4, -0.2) is 22.2 Å². The first-order valence-corrected chi connectivity index (χ1v) is 5.72. The van der Waals surface area contributed by atoms with E-state index in [0.29, 0.717) is 5.25 Å². The number of rotatable bonds is 3. The maximum absolute atomic E-state index is 9.86. The Morgan fingerprint density at radius 3 is 3.23 bits per heavy atom. The van der Waals surface area contributed by atoms with Gasteiger partial charge in [0.25, 0.3) is 0 Å². The van der Waals surface area contributed by atoms with Gasteiger partial charge in [0, 0.05) is 11.7 Å². The van der Waals surface area contributed by atoms with Crippen molar-refractivity contribution in [3.8, 4) is 0 Å². The lowest BCUT2D eigenvalue weighted by atomic mass is 10.1. The number of aliphatic hydroxyl groups excluding tert-OH is 1. The summed E-state index contributed by atoms with van der Waals surface area (Å²) in [4.78, 5) is 0. The van der Waals surface area contributed by atoms with Crippen LogP contribution in [0.2, 0.25) is 0 Å². The van der Waals surface area contributed by atoms with Gasteiger partial charge >= 0.3 is 0 Å². The van der Waals surface area contributed by atoms with Crippen LogP contribution in [0.15, 0.2) is 23.0 Å². The quantitative estimate of drug-likeness (QED) is 0.807. The van der Waals surface area contributed by atoms with Crippen LogP contribution in [0.3, 0.4) is 0 Å². The largest absolute Gasteiger partial charge is 0.472 e. The van der Waals surface area contributed by atoms with Crippen LogP contribution in [-0.2, 0) is 6.42 Å². The second kappa shape index (κ2) is 4.20. The highest BCUT2D eigenvalue weighted by atomic mass is 32.2. The van der Waals surface area contributed by atoms with E-state index in [2.05, 4.69) is 0 Å². The zero-order chi connectivity index (χ0) is 9.10. The predicted molar refractivity (Wildman–Crippen MR) is 53.9 cm³/mol. The van der Waals surface area contributed by atoms with Crippen molar-refractivity contribution in [2.45, 2.75) is 30.6 Å². The van der Waals surface area contributed by atoms with Gasteiger partial charge in [-0.05, 0) is 30.2 Å². The topological polar surface area (TPSA) is 33.4 Å². The van der Waals surface area contributed by atoms with Crippen LogP contribution >= 0.6 is 11.8 Å². The summed E-state index contributed by atoms with van der Waals surface area (Å²) in [5, 5.41) is 10.3. The van der Waals surface area contributed by atoms with Crippen LogP contribution in [0.1, 0.15) is 18.4 Å². The van der Waals surface area contributed by atoms with E-state index in [4.69, 9.17) is 4.42 Å². The standard InChI is InChI=1S/C10H14O2S/c11-9(10-2-1-5-13-10)6-8-3-4-12-7-8/h3-4,7,9-11H,1-2,5-6H2. The average molecular weight is 198 g/mol. The van der Waals surface area contributed by atoms with E-state index in [9.17, 15) is 5.11 Å². The Morgan fingerprint density at radius 1 is 1.69 bits per heavy atom. The van der Waals surface area contributed by atoms with E-state index < -0.39 is 0 Å². The van der Waals surface area contributed by atoms with E-state index in [0.717, 1.165) is 18.4 Å². The minimum Gasteiger partial charge on any atom is -0.472 e. The van der Waals surface area contributed by atoms with Gasteiger partial charge in [-0.1, -0.05) is 0 Å². The molecule has 0 amide bonds. The summed E-state index contributed by atoms with van der Waals surface area (Å²) in [6.45, 7) is 0. The molecule has 0 radical (unpaired) electrons. The molecule has 2 heterocycles. The molecule has 72 valence electrons. The first-order valence-electron chi connectivity index (χ1n) is 4.67. The van der Waals surface area contributed by atoms with E-state index in [1.54, 1.807) is 12.5 Å². The molecule has 0 aromatic carbocycles. The fourth-order valence-electron chi connectivity index (χ4n) is 1.69. The van der Waals surface area contributed by atoms with Crippen molar-refractivity contribution in [3.05, 3.63) is 24.2 Å². The molecule has 1 aliphatic rings. The van der Waals surface area contributed by atoms with E-state index >= 15 is 0 Å². The maximum Gasteiger partial charge on any atom is 0.0935 e. The van der Waals surface area contributed by atoms with Gasteiger partial charge in [-0.25, -0.2) is 0 Å². The van der Waals surface area contributed by atoms with Gasteiger partial charge in [0.15, 0.2) is 0 Å². The average Bonchev–Trinajstić information content (AvgIpc) is 2.74. The fraction of sp³-hybridized carbons (Fsp3) is 0.600. The van der Waals surface area contributed by atoms with Crippen LogP contribution in [0.25, 0.3) is 0 Å². The Kier molecular flexibility index (Phi) is 2.96. The van der Waals surface area contributed by atoms with Crippen molar-refractivity contribution < 1.29 is 9.52 Å². The Labute approximate surface area is 82.3 Å². The lowest BCUT2D eigenvalue weighted by molar-refractivity contribution is 0.170. The molecule has 1 saturated heterocycles. The van der Waals surface area contributed by atoms with Gasteiger partial charge in [0.1, 0.15) is 0 Å². The lowest BCUT2D eigenvalue weighted by Gasteiger charge is -2.15. The Hall–Kier alpha value is -0.410. The normalized spacial score (nSPS) is 24.8. The van der Waals surface area contributed by atoms with Crippen molar-refractivity contribution in [3.63, 3.8) is 0 Å². The van der Waals surface area contributed by atoms with Crippen molar-refractivity contribution in [1.29, 1.82) is 0 Å². The zero-order valence-electron chi connectivity index (χ0n) is 7.48. The Balaban J connectivity index is 1.87. The molecule has 1 N–H and O–H groups in total. The fourth-order valence-corrected chi connectivity index (χ4v) is 2.98. The molecule has 0 aliphatic carbocycles. The predicted octanol–water partition coefficient (Wildman–Crippen LogP) is 2.08. The highest BCUT2D eigenvalue weighted by molar-refractivity contribution is 8.00. The summed E-state index contributed by atoms with van der Waals surface area (Å²) in [5.41, 5.74) is 1.10. The molecule has 3 heteroatoms. The number of aliphatic hydroxyl groups is 1. The van der Waals surface area contributed by atoms with E-state index in [1.165, 1.54) is 12.2 Å². The third kappa shape index (κ3) is 2.29. The SMILES string of the molecule is OC(Cc1ccoc1)C1CCCS1. The van der Waals surface area contributed by atoms with Crippen LogP contribution in [0, 0.1) is 0 Å². The minimum absolute atomic E-state index is 0.204. The number of hydrogen-bond acceptors (Lipinski definition) is 3. The third-order valence-electron chi connectivity index (χ3n) is 2.42. The molecule has 0 bridgehead atoms. The lowest BCUT2D eigenvalue weighted by Crippen LogP contribution is -2.22. The number of thioether (sulfide) groups is 1. The molecule has 13 heavy (non-hydrogen) atoms. The molecule has 1 aromatic rings. The Bertz CT molecular complexity index is 239. The molecule has 0 saturated carbocycles. The first kappa shape index (κ1) is 9.16.